The van der Waals surface area contributed by atoms with Gasteiger partial charge in [0.25, 0.3) is 0 Å². The third-order valence-corrected chi connectivity index (χ3v) is 3.76. The van der Waals surface area contributed by atoms with Crippen molar-refractivity contribution >= 4 is 0 Å². The molecule has 0 rings (SSSR count). The van der Waals surface area contributed by atoms with Crippen LogP contribution in [0.4, 0.5) is 0 Å². The Morgan fingerprint density at radius 2 is 1.15 bits per heavy atom. The normalized spacial score (nSPS) is 12.2. The molecule has 0 aliphatic rings. The number of hydrogen-bond donors (Lipinski definition) is 0. The van der Waals surface area contributed by atoms with Crippen LogP contribution in [0.1, 0.15) is 97.8 Å². The third-order valence-electron chi connectivity index (χ3n) is 3.76. The fourth-order valence-corrected chi connectivity index (χ4v) is 2.38. The lowest BCUT2D eigenvalue weighted by Gasteiger charge is -2.03. The molecule has 0 aliphatic heterocycles. The predicted octanol–water partition coefficient (Wildman–Crippen LogP) is 7.46. The highest BCUT2D eigenvalue weighted by Gasteiger charge is 1.93. The van der Waals surface area contributed by atoms with Gasteiger partial charge in [0.15, 0.2) is 0 Å². The molecule has 0 unspecified atom stereocenters. The van der Waals surface area contributed by atoms with Gasteiger partial charge in [0.1, 0.15) is 0 Å². The zero-order valence-corrected chi connectivity index (χ0v) is 14.4. The van der Waals surface area contributed by atoms with Crippen molar-refractivity contribution in [2.45, 2.75) is 97.8 Å². The van der Waals surface area contributed by atoms with Crippen LogP contribution in [0.2, 0.25) is 0 Å². The second kappa shape index (κ2) is 16.5. The molecule has 0 spiro atoms. The van der Waals surface area contributed by atoms with E-state index in [4.69, 9.17) is 0 Å². The molecule has 0 fully saturated rings. The van der Waals surface area contributed by atoms with Gasteiger partial charge in [-0.15, -0.1) is 0 Å². The Kier molecular flexibility index (Phi) is 16.1. The van der Waals surface area contributed by atoms with Crippen LogP contribution in [-0.4, -0.2) is 0 Å². The second-order valence-electron chi connectivity index (χ2n) is 6.44. The van der Waals surface area contributed by atoms with E-state index >= 15 is 0 Å². The summed E-state index contributed by atoms with van der Waals surface area (Å²) in [4.78, 5) is 0. The summed E-state index contributed by atoms with van der Waals surface area (Å²) >= 11 is 0. The van der Waals surface area contributed by atoms with Gasteiger partial charge in [-0.05, 0) is 31.6 Å². The lowest BCUT2D eigenvalue weighted by molar-refractivity contribution is 0.516. The van der Waals surface area contributed by atoms with Crippen LogP contribution in [0.3, 0.4) is 0 Å². The number of rotatable bonds is 14. The van der Waals surface area contributed by atoms with Crippen LogP contribution >= 0.6 is 0 Å². The SMILES string of the molecule is CCCCCC/C=C\C=C\CCCCCCCC(C)C. The first kappa shape index (κ1) is 19.5. The van der Waals surface area contributed by atoms with E-state index in [-0.39, 0.29) is 0 Å². The molecule has 0 heteroatoms. The van der Waals surface area contributed by atoms with Gasteiger partial charge < -0.3 is 0 Å². The van der Waals surface area contributed by atoms with Crippen molar-refractivity contribution in [1.82, 2.24) is 0 Å². The molecule has 0 saturated carbocycles. The van der Waals surface area contributed by atoms with Crippen molar-refractivity contribution in [3.8, 4) is 0 Å². The minimum absolute atomic E-state index is 0.881. The molecule has 0 N–H and O–H groups in total. The molecule has 0 heterocycles. The third kappa shape index (κ3) is 17.5. The Morgan fingerprint density at radius 3 is 1.70 bits per heavy atom. The van der Waals surface area contributed by atoms with Crippen LogP contribution in [0.25, 0.3) is 0 Å². The lowest BCUT2D eigenvalue weighted by Crippen LogP contribution is -1.86. The highest BCUT2D eigenvalue weighted by Crippen LogP contribution is 2.11. The molecule has 0 amide bonds. The van der Waals surface area contributed by atoms with E-state index < -0.39 is 0 Å². The van der Waals surface area contributed by atoms with Crippen molar-refractivity contribution < 1.29 is 0 Å². The summed E-state index contributed by atoms with van der Waals surface area (Å²) < 4.78 is 0. The quantitative estimate of drug-likeness (QED) is 0.228. The van der Waals surface area contributed by atoms with Gasteiger partial charge in [-0.2, -0.15) is 0 Å². The molecule has 0 aliphatic carbocycles. The maximum absolute atomic E-state index is 2.33. The fourth-order valence-electron chi connectivity index (χ4n) is 2.38. The molecule has 0 nitrogen and oxygen atoms in total. The van der Waals surface area contributed by atoms with Crippen LogP contribution in [0.5, 0.6) is 0 Å². The highest BCUT2D eigenvalue weighted by atomic mass is 14.0. The van der Waals surface area contributed by atoms with Gasteiger partial charge in [0.2, 0.25) is 0 Å². The van der Waals surface area contributed by atoms with E-state index in [9.17, 15) is 0 Å². The zero-order chi connectivity index (χ0) is 14.9. The van der Waals surface area contributed by atoms with E-state index in [1.807, 2.05) is 0 Å². The van der Waals surface area contributed by atoms with Crippen LogP contribution in [-0.2, 0) is 0 Å². The summed E-state index contributed by atoms with van der Waals surface area (Å²) in [6.45, 7) is 6.91. The molecule has 0 aromatic heterocycles. The van der Waals surface area contributed by atoms with Gasteiger partial charge in [0, 0.05) is 0 Å². The van der Waals surface area contributed by atoms with Crippen molar-refractivity contribution in [3.05, 3.63) is 24.3 Å². The lowest BCUT2D eigenvalue weighted by atomic mass is 10.0. The molecule has 0 radical (unpaired) electrons. The second-order valence-corrected chi connectivity index (χ2v) is 6.44. The minimum atomic E-state index is 0.881. The van der Waals surface area contributed by atoms with Gasteiger partial charge >= 0.3 is 0 Å². The molecule has 0 aromatic rings. The standard InChI is InChI=1S/C20H38/c1-4-5-6-7-8-9-10-11-12-13-14-15-16-17-18-19-20(2)3/h9-12,20H,4-8,13-19H2,1-3H3/b10-9-,12-11+. The Morgan fingerprint density at radius 1 is 0.650 bits per heavy atom. The fraction of sp³-hybridized carbons (Fsp3) is 0.800. The monoisotopic (exact) mass is 278 g/mol. The molecular formula is C20H38. The zero-order valence-electron chi connectivity index (χ0n) is 14.4. The Hall–Kier alpha value is -0.520. The Labute approximate surface area is 128 Å². The molecule has 0 aromatic carbocycles. The Balaban J connectivity index is 3.17. The van der Waals surface area contributed by atoms with Crippen LogP contribution in [0.15, 0.2) is 24.3 Å². The average molecular weight is 279 g/mol. The van der Waals surface area contributed by atoms with Crippen molar-refractivity contribution in [2.24, 2.45) is 5.92 Å². The van der Waals surface area contributed by atoms with Gasteiger partial charge in [-0.1, -0.05) is 96.4 Å². The molecule has 118 valence electrons. The first-order chi connectivity index (χ1) is 9.77. The maximum atomic E-state index is 2.33. The summed E-state index contributed by atoms with van der Waals surface area (Å²) in [6, 6.07) is 0. The molecule has 0 bridgehead atoms. The van der Waals surface area contributed by atoms with E-state index in [0.29, 0.717) is 0 Å². The minimum Gasteiger partial charge on any atom is -0.0845 e. The first-order valence-corrected chi connectivity index (χ1v) is 9.09. The smallest absolute Gasteiger partial charge is 0.0348 e. The van der Waals surface area contributed by atoms with Crippen LogP contribution < -0.4 is 0 Å². The van der Waals surface area contributed by atoms with E-state index in [1.165, 1.54) is 77.0 Å². The summed E-state index contributed by atoms with van der Waals surface area (Å²) in [5.74, 6) is 0.881. The van der Waals surface area contributed by atoms with Gasteiger partial charge in [-0.25, -0.2) is 0 Å². The van der Waals surface area contributed by atoms with Crippen molar-refractivity contribution in [1.29, 1.82) is 0 Å². The topological polar surface area (TPSA) is 0 Å². The maximum Gasteiger partial charge on any atom is -0.0348 e. The number of hydrogen-bond acceptors (Lipinski definition) is 0. The van der Waals surface area contributed by atoms with Crippen LogP contribution in [0, 0.1) is 5.92 Å². The summed E-state index contributed by atoms with van der Waals surface area (Å²) in [5, 5.41) is 0. The average Bonchev–Trinajstić information content (AvgIpc) is 2.43. The number of unbranched alkanes of at least 4 members (excludes halogenated alkanes) is 9. The summed E-state index contributed by atoms with van der Waals surface area (Å²) in [7, 11) is 0. The predicted molar refractivity (Wildman–Crippen MR) is 94.2 cm³/mol. The molecule has 20 heavy (non-hydrogen) atoms. The van der Waals surface area contributed by atoms with E-state index in [2.05, 4.69) is 45.1 Å². The summed E-state index contributed by atoms with van der Waals surface area (Å²) in [6.07, 6.45) is 25.5. The highest BCUT2D eigenvalue weighted by molar-refractivity contribution is 5.02. The van der Waals surface area contributed by atoms with Gasteiger partial charge in [-0.3, -0.25) is 0 Å². The van der Waals surface area contributed by atoms with Crippen molar-refractivity contribution in [3.63, 3.8) is 0 Å². The number of allylic oxidation sites excluding steroid dienone is 4. The molecule has 0 atom stereocenters. The van der Waals surface area contributed by atoms with E-state index in [1.54, 1.807) is 0 Å². The largest absolute Gasteiger partial charge is 0.0845 e. The Bertz CT molecular complexity index is 222. The van der Waals surface area contributed by atoms with Crippen molar-refractivity contribution in [2.75, 3.05) is 0 Å². The first-order valence-electron chi connectivity index (χ1n) is 9.09. The molecular weight excluding hydrogens is 240 g/mol. The van der Waals surface area contributed by atoms with Gasteiger partial charge in [0.05, 0.1) is 0 Å². The van der Waals surface area contributed by atoms with E-state index in [0.717, 1.165) is 5.92 Å². The summed E-state index contributed by atoms with van der Waals surface area (Å²) in [5.41, 5.74) is 0. The molecule has 0 saturated heterocycles.